The van der Waals surface area contributed by atoms with Gasteiger partial charge in [0.1, 0.15) is 23.0 Å². The lowest BCUT2D eigenvalue weighted by Gasteiger charge is -2.36. The van der Waals surface area contributed by atoms with E-state index in [2.05, 4.69) is 0 Å². The minimum absolute atomic E-state index is 0.00251. The number of amides is 1. The molecule has 8 nitrogen and oxygen atoms in total. The highest BCUT2D eigenvalue weighted by Gasteiger charge is 2.38. The summed E-state index contributed by atoms with van der Waals surface area (Å²) in [5.74, 6) is -2.29. The molecule has 2 rings (SSSR count). The van der Waals surface area contributed by atoms with Gasteiger partial charge in [0.2, 0.25) is 0 Å². The average molecular weight is 351 g/mol. The molecule has 1 aliphatic heterocycles. The first-order chi connectivity index (χ1) is 11.5. The van der Waals surface area contributed by atoms with Crippen LogP contribution >= 0.6 is 0 Å². The highest BCUT2D eigenvalue weighted by molar-refractivity contribution is 5.91. The molecule has 0 saturated heterocycles. The molecule has 1 aromatic rings. The summed E-state index contributed by atoms with van der Waals surface area (Å²) >= 11 is 0. The Morgan fingerprint density at radius 2 is 1.84 bits per heavy atom. The molecule has 0 aromatic heterocycles. The SMILES string of the molecule is COC(=O)[C@@H]1Cc2cc(C(=O)O)c(O)cc2CN1C(=O)OC(C)(C)C. The lowest BCUT2D eigenvalue weighted by atomic mass is 9.92. The van der Waals surface area contributed by atoms with Crippen molar-refractivity contribution in [1.82, 2.24) is 4.90 Å². The van der Waals surface area contributed by atoms with Gasteiger partial charge in [0.05, 0.1) is 13.7 Å². The normalized spacial score (nSPS) is 16.8. The molecule has 1 heterocycles. The van der Waals surface area contributed by atoms with Crippen LogP contribution in [0.15, 0.2) is 12.1 Å². The molecule has 0 bridgehead atoms. The van der Waals surface area contributed by atoms with Gasteiger partial charge in [-0.15, -0.1) is 0 Å². The van der Waals surface area contributed by atoms with Gasteiger partial charge in [-0.2, -0.15) is 0 Å². The monoisotopic (exact) mass is 351 g/mol. The van der Waals surface area contributed by atoms with E-state index in [-0.39, 0.29) is 18.5 Å². The Kier molecular flexibility index (Phi) is 4.92. The Bertz CT molecular complexity index is 720. The first-order valence-electron chi connectivity index (χ1n) is 7.69. The number of methoxy groups -OCH3 is 1. The fraction of sp³-hybridized carbons (Fsp3) is 0.471. The topological polar surface area (TPSA) is 113 Å². The zero-order valence-corrected chi connectivity index (χ0v) is 14.5. The number of aromatic carboxylic acids is 1. The standard InChI is InChI=1S/C17H21NO7/c1-17(2,3)25-16(23)18-8-10-7-13(19)11(14(20)21)5-9(10)6-12(18)15(22)24-4/h5,7,12,19H,6,8H2,1-4H3,(H,20,21)/t12-/m0/s1. The van der Waals surface area contributed by atoms with Crippen molar-refractivity contribution in [2.24, 2.45) is 0 Å². The van der Waals surface area contributed by atoms with E-state index in [1.54, 1.807) is 20.8 Å². The predicted octanol–water partition coefficient (Wildman–Crippen LogP) is 1.93. The lowest BCUT2D eigenvalue weighted by molar-refractivity contribution is -0.147. The van der Waals surface area contributed by atoms with E-state index in [4.69, 9.17) is 14.6 Å². The zero-order chi connectivity index (χ0) is 18.9. The predicted molar refractivity (Wildman–Crippen MR) is 86.4 cm³/mol. The average Bonchev–Trinajstić information content (AvgIpc) is 2.50. The van der Waals surface area contributed by atoms with Crippen LogP contribution in [-0.2, 0) is 27.2 Å². The van der Waals surface area contributed by atoms with Crippen LogP contribution in [0.3, 0.4) is 0 Å². The van der Waals surface area contributed by atoms with Crippen LogP contribution in [0.1, 0.15) is 42.3 Å². The number of carboxylic acid groups (broad SMARTS) is 1. The molecule has 0 saturated carbocycles. The molecule has 1 aliphatic rings. The lowest BCUT2D eigenvalue weighted by Crippen LogP contribution is -2.50. The van der Waals surface area contributed by atoms with Gasteiger partial charge < -0.3 is 19.7 Å². The van der Waals surface area contributed by atoms with Crippen molar-refractivity contribution in [3.05, 3.63) is 28.8 Å². The molecular weight excluding hydrogens is 330 g/mol. The van der Waals surface area contributed by atoms with Gasteiger partial charge in [0, 0.05) is 6.42 Å². The molecule has 25 heavy (non-hydrogen) atoms. The minimum atomic E-state index is -1.27. The summed E-state index contributed by atoms with van der Waals surface area (Å²) in [5.41, 5.74) is 0.111. The molecule has 136 valence electrons. The fourth-order valence-electron chi connectivity index (χ4n) is 2.66. The van der Waals surface area contributed by atoms with Gasteiger partial charge in [0.15, 0.2) is 0 Å². The highest BCUT2D eigenvalue weighted by Crippen LogP contribution is 2.31. The number of carbonyl (C=O) groups is 3. The van der Waals surface area contributed by atoms with E-state index >= 15 is 0 Å². The van der Waals surface area contributed by atoms with E-state index in [0.29, 0.717) is 11.1 Å². The van der Waals surface area contributed by atoms with Crippen molar-refractivity contribution >= 4 is 18.0 Å². The van der Waals surface area contributed by atoms with Crippen LogP contribution in [-0.4, -0.2) is 51.9 Å². The fourth-order valence-corrected chi connectivity index (χ4v) is 2.66. The molecular formula is C17H21NO7. The van der Waals surface area contributed by atoms with Gasteiger partial charge in [-0.1, -0.05) is 0 Å². The number of benzene rings is 1. The van der Waals surface area contributed by atoms with Crippen LogP contribution in [0.4, 0.5) is 4.79 Å². The molecule has 1 amide bonds. The van der Waals surface area contributed by atoms with Crippen molar-refractivity contribution < 1.29 is 34.1 Å². The third-order valence-corrected chi connectivity index (χ3v) is 3.78. The van der Waals surface area contributed by atoms with Crippen LogP contribution in [0.5, 0.6) is 5.75 Å². The van der Waals surface area contributed by atoms with E-state index in [9.17, 15) is 19.5 Å². The number of ether oxygens (including phenoxy) is 2. The Balaban J connectivity index is 2.42. The molecule has 0 aliphatic carbocycles. The number of phenols is 1. The number of rotatable bonds is 2. The number of hydrogen-bond donors (Lipinski definition) is 2. The summed E-state index contributed by atoms with van der Waals surface area (Å²) < 4.78 is 10.1. The van der Waals surface area contributed by atoms with Crippen LogP contribution in [0.25, 0.3) is 0 Å². The third-order valence-electron chi connectivity index (χ3n) is 3.78. The van der Waals surface area contributed by atoms with Crippen molar-refractivity contribution in [2.75, 3.05) is 7.11 Å². The number of hydrogen-bond acceptors (Lipinski definition) is 6. The van der Waals surface area contributed by atoms with Crippen molar-refractivity contribution in [3.8, 4) is 5.75 Å². The second-order valence-corrected chi connectivity index (χ2v) is 6.79. The zero-order valence-electron chi connectivity index (χ0n) is 14.5. The Morgan fingerprint density at radius 1 is 1.20 bits per heavy atom. The molecule has 0 unspecified atom stereocenters. The Hall–Kier alpha value is -2.77. The number of carbonyl (C=O) groups excluding carboxylic acids is 2. The maximum Gasteiger partial charge on any atom is 0.411 e. The summed E-state index contributed by atoms with van der Waals surface area (Å²) in [7, 11) is 1.21. The van der Waals surface area contributed by atoms with Gasteiger partial charge in [-0.05, 0) is 44.0 Å². The number of aromatic hydroxyl groups is 1. The molecule has 0 fully saturated rings. The third kappa shape index (κ3) is 4.01. The quantitative estimate of drug-likeness (QED) is 0.783. The smallest absolute Gasteiger partial charge is 0.411 e. The molecule has 1 aromatic carbocycles. The van der Waals surface area contributed by atoms with Gasteiger partial charge in [-0.25, -0.2) is 14.4 Å². The summed E-state index contributed by atoms with van der Waals surface area (Å²) in [4.78, 5) is 37.0. The van der Waals surface area contributed by atoms with Crippen LogP contribution < -0.4 is 0 Å². The van der Waals surface area contributed by atoms with Gasteiger partial charge in [0.25, 0.3) is 0 Å². The molecule has 0 spiro atoms. The first kappa shape index (κ1) is 18.6. The second-order valence-electron chi connectivity index (χ2n) is 6.79. The van der Waals surface area contributed by atoms with E-state index in [1.807, 2.05) is 0 Å². The van der Waals surface area contributed by atoms with Crippen molar-refractivity contribution in [3.63, 3.8) is 0 Å². The first-order valence-corrected chi connectivity index (χ1v) is 7.69. The second kappa shape index (κ2) is 6.62. The maximum absolute atomic E-state index is 12.5. The van der Waals surface area contributed by atoms with E-state index < -0.39 is 35.4 Å². The van der Waals surface area contributed by atoms with E-state index in [0.717, 1.165) is 0 Å². The summed E-state index contributed by atoms with van der Waals surface area (Å²) in [6, 6.07) is 1.68. The number of esters is 1. The van der Waals surface area contributed by atoms with Crippen LogP contribution in [0.2, 0.25) is 0 Å². The largest absolute Gasteiger partial charge is 0.507 e. The summed E-state index contributed by atoms with van der Waals surface area (Å²) in [5, 5.41) is 19.0. The van der Waals surface area contributed by atoms with E-state index in [1.165, 1.54) is 24.1 Å². The van der Waals surface area contributed by atoms with Gasteiger partial charge >= 0.3 is 18.0 Å². The Morgan fingerprint density at radius 3 is 2.36 bits per heavy atom. The van der Waals surface area contributed by atoms with Gasteiger partial charge in [-0.3, -0.25) is 4.90 Å². The molecule has 0 radical (unpaired) electrons. The number of carboxylic acids is 1. The number of fused-ring (bicyclic) bond motifs is 1. The minimum Gasteiger partial charge on any atom is -0.507 e. The molecule has 2 N–H and O–H groups in total. The van der Waals surface area contributed by atoms with Crippen molar-refractivity contribution in [1.29, 1.82) is 0 Å². The molecule has 8 heteroatoms. The highest BCUT2D eigenvalue weighted by atomic mass is 16.6. The molecule has 1 atom stereocenters. The van der Waals surface area contributed by atoms with Crippen molar-refractivity contribution in [2.45, 2.75) is 45.4 Å². The summed E-state index contributed by atoms with van der Waals surface area (Å²) in [6.07, 6.45) is -0.614. The summed E-state index contributed by atoms with van der Waals surface area (Å²) in [6.45, 7) is 5.13. The Labute approximate surface area is 144 Å². The van der Waals surface area contributed by atoms with Crippen LogP contribution in [0, 0.1) is 0 Å². The maximum atomic E-state index is 12.5. The number of nitrogens with zero attached hydrogens (tertiary/aromatic N) is 1.